The first-order valence-corrected chi connectivity index (χ1v) is 9.83. The molecule has 1 unspecified atom stereocenters. The van der Waals surface area contributed by atoms with Crippen LogP contribution in [0.25, 0.3) is 0 Å². The number of aliphatic hydroxyl groups is 1. The Hall–Kier alpha value is -1.80. The summed E-state index contributed by atoms with van der Waals surface area (Å²) in [5, 5.41) is 12.5. The number of likely N-dealkylation sites (tertiary alicyclic amines) is 1. The van der Waals surface area contributed by atoms with E-state index in [2.05, 4.69) is 32.0 Å². The normalized spacial score (nSPS) is 20.1. The third kappa shape index (κ3) is 4.67. The molecule has 0 amide bonds. The third-order valence-corrected chi connectivity index (χ3v) is 5.20. The molecule has 0 spiro atoms. The van der Waals surface area contributed by atoms with Crippen molar-refractivity contribution in [2.24, 2.45) is 5.92 Å². The zero-order valence-electron chi connectivity index (χ0n) is 15.8. The fourth-order valence-electron chi connectivity index (χ4n) is 3.72. The van der Waals surface area contributed by atoms with Crippen LogP contribution in [-0.4, -0.2) is 66.0 Å². The summed E-state index contributed by atoms with van der Waals surface area (Å²) < 4.78 is 5.65. The average Bonchev–Trinajstić information content (AvgIpc) is 3.04. The number of unbranched alkanes of at least 4 members (excludes halogenated alkanes) is 1. The molecule has 1 aromatic rings. The molecule has 1 atom stereocenters. The molecular weight excluding hydrogens is 332 g/mol. The molecule has 1 saturated heterocycles. The number of aromatic nitrogens is 2. The van der Waals surface area contributed by atoms with Gasteiger partial charge in [-0.25, -0.2) is 0 Å². The van der Waals surface area contributed by atoms with E-state index in [1.54, 1.807) is 0 Å². The number of aliphatic hydroxyl groups excluding tert-OH is 1. The lowest BCUT2D eigenvalue weighted by Crippen LogP contribution is -2.38. The summed E-state index contributed by atoms with van der Waals surface area (Å²) in [6, 6.07) is 0.371. The Morgan fingerprint density at radius 1 is 1.35 bits per heavy atom. The number of piperidine rings is 1. The number of nitrogen functional groups attached to an aromatic ring is 1. The first-order chi connectivity index (χ1) is 12.7. The Balaban J connectivity index is 1.58. The lowest BCUT2D eigenvalue weighted by molar-refractivity contribution is 0.137. The zero-order valence-corrected chi connectivity index (χ0v) is 15.8. The Morgan fingerprint density at radius 3 is 3.04 bits per heavy atom. The molecule has 0 radical (unpaired) electrons. The van der Waals surface area contributed by atoms with E-state index >= 15 is 0 Å². The summed E-state index contributed by atoms with van der Waals surface area (Å²) in [6.07, 6.45) is 5.63. The second-order valence-electron chi connectivity index (χ2n) is 7.21. The van der Waals surface area contributed by atoms with E-state index in [9.17, 15) is 0 Å². The number of fused-ring (bicyclic) bond motifs is 1. The van der Waals surface area contributed by atoms with Gasteiger partial charge in [-0.1, -0.05) is 13.3 Å². The number of rotatable bonds is 9. The van der Waals surface area contributed by atoms with Gasteiger partial charge in [-0.15, -0.1) is 0 Å². The number of nitrogens with two attached hydrogens (primary N) is 1. The predicted octanol–water partition coefficient (Wildman–Crippen LogP) is 1.52. The van der Waals surface area contributed by atoms with Gasteiger partial charge in [-0.2, -0.15) is 9.97 Å². The van der Waals surface area contributed by atoms with Gasteiger partial charge in [-0.05, 0) is 38.1 Å². The Labute approximate surface area is 155 Å². The van der Waals surface area contributed by atoms with Gasteiger partial charge in [-0.3, -0.25) is 0 Å². The summed E-state index contributed by atoms with van der Waals surface area (Å²) in [5.41, 5.74) is 6.90. The van der Waals surface area contributed by atoms with E-state index in [-0.39, 0.29) is 6.61 Å². The quantitative estimate of drug-likeness (QED) is 0.567. The first-order valence-electron chi connectivity index (χ1n) is 9.83. The van der Waals surface area contributed by atoms with Gasteiger partial charge >= 0.3 is 6.01 Å². The third-order valence-electron chi connectivity index (χ3n) is 5.20. The lowest BCUT2D eigenvalue weighted by Gasteiger charge is -2.33. The molecule has 1 fully saturated rings. The number of nitrogens with one attached hydrogen (secondary N) is 1. The molecule has 8 nitrogen and oxygen atoms in total. The largest absolute Gasteiger partial charge is 0.463 e. The fraction of sp³-hybridized carbons (Fsp3) is 0.778. The zero-order chi connectivity index (χ0) is 18.4. The Bertz CT molecular complexity index is 583. The summed E-state index contributed by atoms with van der Waals surface area (Å²) in [7, 11) is 0. The predicted molar refractivity (Wildman–Crippen MR) is 104 cm³/mol. The van der Waals surface area contributed by atoms with Crippen molar-refractivity contribution < 1.29 is 9.84 Å². The van der Waals surface area contributed by atoms with Crippen LogP contribution in [0.4, 0.5) is 17.3 Å². The van der Waals surface area contributed by atoms with Crippen molar-refractivity contribution >= 4 is 17.3 Å². The highest BCUT2D eigenvalue weighted by Crippen LogP contribution is 2.35. The van der Waals surface area contributed by atoms with Gasteiger partial charge in [0.25, 0.3) is 0 Å². The van der Waals surface area contributed by atoms with Gasteiger partial charge in [0.2, 0.25) is 0 Å². The highest BCUT2D eigenvalue weighted by Gasteiger charge is 2.26. The molecule has 26 heavy (non-hydrogen) atoms. The Kier molecular flexibility index (Phi) is 6.73. The molecule has 3 rings (SSSR count). The summed E-state index contributed by atoms with van der Waals surface area (Å²) in [4.78, 5) is 13.4. The molecule has 0 saturated carbocycles. The van der Waals surface area contributed by atoms with E-state index in [4.69, 9.17) is 15.6 Å². The van der Waals surface area contributed by atoms with Gasteiger partial charge < -0.3 is 30.7 Å². The maximum atomic E-state index is 9.15. The van der Waals surface area contributed by atoms with Crippen molar-refractivity contribution in [2.45, 2.75) is 39.0 Å². The number of hydrogen-bond donors (Lipinski definition) is 3. The number of β-amino-alcohol motifs (C(OH)–C–C–N with tert-alkyl or cyclic N) is 1. The SMILES string of the molecule is CCCCOc1nc(N)c2c(n1)N(CCC1CCCN(CCO)C1)CN2. The highest BCUT2D eigenvalue weighted by molar-refractivity contribution is 5.80. The monoisotopic (exact) mass is 364 g/mol. The molecule has 0 aromatic carbocycles. The van der Waals surface area contributed by atoms with Crippen LogP contribution in [0.1, 0.15) is 39.0 Å². The molecule has 0 aliphatic carbocycles. The number of hydrogen-bond acceptors (Lipinski definition) is 8. The van der Waals surface area contributed by atoms with Crippen LogP contribution in [0.2, 0.25) is 0 Å². The summed E-state index contributed by atoms with van der Waals surface area (Å²) in [6.45, 7) is 7.59. The second-order valence-corrected chi connectivity index (χ2v) is 7.21. The number of anilines is 3. The van der Waals surface area contributed by atoms with Crippen LogP contribution in [-0.2, 0) is 0 Å². The van der Waals surface area contributed by atoms with Crippen LogP contribution in [0.15, 0.2) is 0 Å². The van der Waals surface area contributed by atoms with Crippen molar-refractivity contribution in [3.05, 3.63) is 0 Å². The molecule has 8 heteroatoms. The van der Waals surface area contributed by atoms with E-state index in [1.807, 2.05) is 0 Å². The van der Waals surface area contributed by atoms with E-state index < -0.39 is 0 Å². The van der Waals surface area contributed by atoms with Crippen molar-refractivity contribution in [1.82, 2.24) is 14.9 Å². The van der Waals surface area contributed by atoms with Gasteiger partial charge in [0.15, 0.2) is 11.6 Å². The highest BCUT2D eigenvalue weighted by atomic mass is 16.5. The molecule has 3 heterocycles. The fourth-order valence-corrected chi connectivity index (χ4v) is 3.72. The second kappa shape index (κ2) is 9.23. The van der Waals surface area contributed by atoms with Crippen LogP contribution >= 0.6 is 0 Å². The topological polar surface area (TPSA) is 99.8 Å². The molecule has 146 valence electrons. The first kappa shape index (κ1) is 19.0. The lowest BCUT2D eigenvalue weighted by atomic mass is 9.94. The molecule has 0 bridgehead atoms. The van der Waals surface area contributed by atoms with Crippen LogP contribution < -0.4 is 20.7 Å². The van der Waals surface area contributed by atoms with E-state index in [0.717, 1.165) is 56.9 Å². The minimum Gasteiger partial charge on any atom is -0.463 e. The van der Waals surface area contributed by atoms with Crippen molar-refractivity contribution in [3.63, 3.8) is 0 Å². The van der Waals surface area contributed by atoms with Crippen LogP contribution in [0, 0.1) is 5.92 Å². The minimum atomic E-state index is 0.243. The average molecular weight is 364 g/mol. The summed E-state index contributed by atoms with van der Waals surface area (Å²) >= 11 is 0. The molecular formula is C18H32N6O2. The number of ether oxygens (including phenoxy) is 1. The Morgan fingerprint density at radius 2 is 2.23 bits per heavy atom. The maximum Gasteiger partial charge on any atom is 0.320 e. The molecule has 2 aliphatic heterocycles. The van der Waals surface area contributed by atoms with Gasteiger partial charge in [0, 0.05) is 19.6 Å². The van der Waals surface area contributed by atoms with E-state index in [0.29, 0.717) is 31.0 Å². The smallest absolute Gasteiger partial charge is 0.320 e. The van der Waals surface area contributed by atoms with Crippen LogP contribution in [0.3, 0.4) is 0 Å². The van der Waals surface area contributed by atoms with Crippen LogP contribution in [0.5, 0.6) is 6.01 Å². The van der Waals surface area contributed by atoms with Crippen molar-refractivity contribution in [2.75, 3.05) is 62.0 Å². The van der Waals surface area contributed by atoms with Gasteiger partial charge in [0.1, 0.15) is 5.69 Å². The minimum absolute atomic E-state index is 0.243. The van der Waals surface area contributed by atoms with Gasteiger partial charge in [0.05, 0.1) is 19.9 Å². The standard InChI is InChI=1S/C18H32N6O2/c1-2-3-11-26-18-21-16(19)15-17(22-18)24(13-20-15)8-6-14-5-4-7-23(12-14)9-10-25/h14,20,25H,2-13H2,1H3,(H2,19,21,22). The molecule has 2 aliphatic rings. The van der Waals surface area contributed by atoms with Crippen molar-refractivity contribution in [1.29, 1.82) is 0 Å². The number of nitrogens with zero attached hydrogens (tertiary/aromatic N) is 4. The van der Waals surface area contributed by atoms with Crippen molar-refractivity contribution in [3.8, 4) is 6.01 Å². The molecule has 1 aromatic heterocycles. The summed E-state index contributed by atoms with van der Waals surface area (Å²) in [5.74, 6) is 1.97. The maximum absolute atomic E-state index is 9.15. The van der Waals surface area contributed by atoms with E-state index in [1.165, 1.54) is 12.8 Å². The molecule has 4 N–H and O–H groups in total.